The Balaban J connectivity index is 4.21. The van der Waals surface area contributed by atoms with Gasteiger partial charge in [0.15, 0.2) is 0 Å². The summed E-state index contributed by atoms with van der Waals surface area (Å²) in [5, 5.41) is 0. The highest BCUT2D eigenvalue weighted by Crippen LogP contribution is 2.52. The van der Waals surface area contributed by atoms with Crippen molar-refractivity contribution < 1.29 is 8.88 Å². The summed E-state index contributed by atoms with van der Waals surface area (Å²) in [5.41, 5.74) is 5.52. The SMILES string of the molecule is NP(=O)(OPSS)N(CCCl)CCCl. The fourth-order valence-corrected chi connectivity index (χ4v) is 5.30. The lowest BCUT2D eigenvalue weighted by Crippen LogP contribution is -2.28. The molecule has 0 aromatic heterocycles. The molecule has 2 N–H and O–H groups in total. The molecule has 14 heavy (non-hydrogen) atoms. The van der Waals surface area contributed by atoms with Gasteiger partial charge in [-0.2, -0.15) is 0 Å². The monoisotopic (exact) mass is 316 g/mol. The highest BCUT2D eigenvalue weighted by molar-refractivity contribution is 8.90. The van der Waals surface area contributed by atoms with Gasteiger partial charge in [0.25, 0.3) is 0 Å². The topological polar surface area (TPSA) is 55.6 Å². The zero-order valence-electron chi connectivity index (χ0n) is 7.23. The molecule has 4 nitrogen and oxygen atoms in total. The summed E-state index contributed by atoms with van der Waals surface area (Å²) < 4.78 is 18.2. The van der Waals surface area contributed by atoms with Crippen LogP contribution in [0.4, 0.5) is 0 Å². The number of thiol groups is 1. The Hall–Kier alpha value is 1.82. The number of rotatable bonds is 8. The third-order valence-electron chi connectivity index (χ3n) is 1.28. The predicted octanol–water partition coefficient (Wildman–Crippen LogP) is 2.94. The zero-order chi connectivity index (χ0) is 11.0. The van der Waals surface area contributed by atoms with E-state index in [0.29, 0.717) is 24.8 Å². The van der Waals surface area contributed by atoms with Gasteiger partial charge in [-0.15, -0.1) is 34.9 Å². The van der Waals surface area contributed by atoms with E-state index in [0.717, 1.165) is 10.4 Å². The highest BCUT2D eigenvalue weighted by Gasteiger charge is 2.26. The quantitative estimate of drug-likeness (QED) is 0.312. The molecule has 0 radical (unpaired) electrons. The molecule has 0 saturated carbocycles. The lowest BCUT2D eigenvalue weighted by atomic mass is 10.6. The second-order valence-electron chi connectivity index (χ2n) is 2.16. The van der Waals surface area contributed by atoms with Gasteiger partial charge in [0.2, 0.25) is 0 Å². The zero-order valence-corrected chi connectivity index (χ0v) is 12.3. The van der Waals surface area contributed by atoms with Crippen LogP contribution in [0.3, 0.4) is 0 Å². The van der Waals surface area contributed by atoms with Crippen LogP contribution in [0.5, 0.6) is 0 Å². The highest BCUT2D eigenvalue weighted by atomic mass is 35.5. The van der Waals surface area contributed by atoms with Crippen LogP contribution in [0.25, 0.3) is 0 Å². The number of nitrogens with two attached hydrogens (primary N) is 1. The molecule has 0 heterocycles. The summed E-state index contributed by atoms with van der Waals surface area (Å²) in [5.74, 6) is 0.664. The van der Waals surface area contributed by atoms with E-state index in [2.05, 4.69) is 11.7 Å². The first-order valence-electron chi connectivity index (χ1n) is 3.58. The summed E-state index contributed by atoms with van der Waals surface area (Å²) in [4.78, 5) is 0. The molecule has 0 rings (SSSR count). The Labute approximate surface area is 105 Å². The number of nitrogens with zero attached hydrogens (tertiary/aromatic N) is 1. The first-order valence-corrected chi connectivity index (χ1v) is 9.80. The molecular weight excluding hydrogens is 305 g/mol. The van der Waals surface area contributed by atoms with Crippen molar-refractivity contribution in [1.82, 2.24) is 4.67 Å². The first-order chi connectivity index (χ1) is 6.58. The van der Waals surface area contributed by atoms with E-state index >= 15 is 0 Å². The van der Waals surface area contributed by atoms with Crippen LogP contribution in [-0.2, 0) is 8.88 Å². The Kier molecular flexibility index (Phi) is 10.1. The fraction of sp³-hybridized carbons (Fsp3) is 1.00. The number of alkyl halides is 2. The van der Waals surface area contributed by atoms with Gasteiger partial charge in [0.1, 0.15) is 0 Å². The van der Waals surface area contributed by atoms with Crippen LogP contribution in [-0.4, -0.2) is 29.5 Å². The largest absolute Gasteiger partial charge is 0.344 e. The van der Waals surface area contributed by atoms with Gasteiger partial charge in [-0.1, -0.05) is 0 Å². The second-order valence-corrected chi connectivity index (χ2v) is 8.38. The summed E-state index contributed by atoms with van der Waals surface area (Å²) in [7, 11) is -2.18. The molecule has 0 aliphatic rings. The predicted molar refractivity (Wildman–Crippen MR) is 70.8 cm³/mol. The molecule has 0 bridgehead atoms. The normalized spacial score (nSPS) is 16.6. The van der Waals surface area contributed by atoms with Gasteiger partial charge in [0.05, 0.1) is 8.01 Å². The van der Waals surface area contributed by atoms with Crippen molar-refractivity contribution in [2.75, 3.05) is 24.8 Å². The van der Waals surface area contributed by atoms with Crippen LogP contribution in [0.1, 0.15) is 0 Å². The van der Waals surface area contributed by atoms with Crippen molar-refractivity contribution in [3.05, 3.63) is 0 Å². The van der Waals surface area contributed by atoms with Crippen molar-refractivity contribution >= 4 is 61.0 Å². The van der Waals surface area contributed by atoms with Crippen molar-refractivity contribution in [3.63, 3.8) is 0 Å². The average molecular weight is 317 g/mol. The fourth-order valence-electron chi connectivity index (χ4n) is 0.713. The van der Waals surface area contributed by atoms with E-state index in [4.69, 9.17) is 33.0 Å². The van der Waals surface area contributed by atoms with Gasteiger partial charge >= 0.3 is 7.67 Å². The van der Waals surface area contributed by atoms with Crippen molar-refractivity contribution in [3.8, 4) is 0 Å². The second kappa shape index (κ2) is 8.91. The summed E-state index contributed by atoms with van der Waals surface area (Å²) in [6, 6.07) is 0. The lowest BCUT2D eigenvalue weighted by Gasteiger charge is -2.25. The van der Waals surface area contributed by atoms with Crippen LogP contribution in [0.2, 0.25) is 0 Å². The Bertz CT molecular complexity index is 196. The molecule has 2 unspecified atom stereocenters. The van der Waals surface area contributed by atoms with Crippen LogP contribution in [0, 0.1) is 0 Å². The van der Waals surface area contributed by atoms with Gasteiger partial charge in [-0.05, 0) is 10.4 Å². The molecular formula is C4H12Cl2N2O2P2S2. The van der Waals surface area contributed by atoms with E-state index in [1.165, 1.54) is 4.67 Å². The minimum absolute atomic E-state index is 0.0671. The number of halogens is 2. The Morgan fingerprint density at radius 3 is 2.36 bits per heavy atom. The van der Waals surface area contributed by atoms with E-state index in [1.54, 1.807) is 0 Å². The number of hydrogen-bond donors (Lipinski definition) is 2. The molecule has 0 aliphatic carbocycles. The summed E-state index contributed by atoms with van der Waals surface area (Å²) >= 11 is 14.9. The maximum atomic E-state index is 11.8. The average Bonchev–Trinajstić information content (AvgIpc) is 2.14. The van der Waals surface area contributed by atoms with Crippen LogP contribution in [0.15, 0.2) is 0 Å². The molecule has 0 spiro atoms. The van der Waals surface area contributed by atoms with Crippen LogP contribution >= 0.6 is 61.0 Å². The molecule has 0 fully saturated rings. The molecule has 0 aliphatic heterocycles. The van der Waals surface area contributed by atoms with Gasteiger partial charge in [-0.25, -0.2) is 10.2 Å². The van der Waals surface area contributed by atoms with Crippen LogP contribution < -0.4 is 5.50 Å². The minimum atomic E-state index is -3.25. The third kappa shape index (κ3) is 6.41. The summed E-state index contributed by atoms with van der Waals surface area (Å²) in [6.07, 6.45) is 0. The van der Waals surface area contributed by atoms with Crippen molar-refractivity contribution in [2.45, 2.75) is 0 Å². The molecule has 0 saturated heterocycles. The molecule has 0 amide bonds. The standard InChI is InChI=1S/C4H12Cl2N2O2P2S2/c5-1-3-8(4-2-6)12(7,9)10-11-14-13/h11,13H,1-4H2,(H2,7,9). The molecule has 86 valence electrons. The smallest absolute Gasteiger partial charge is 0.274 e. The molecule has 0 aromatic carbocycles. The maximum absolute atomic E-state index is 11.8. The third-order valence-corrected chi connectivity index (χ3v) is 5.80. The van der Waals surface area contributed by atoms with Gasteiger partial charge < -0.3 is 0 Å². The molecule has 0 aromatic rings. The van der Waals surface area contributed by atoms with Crippen molar-refractivity contribution in [1.29, 1.82) is 0 Å². The maximum Gasteiger partial charge on any atom is 0.344 e. The Morgan fingerprint density at radius 2 is 2.00 bits per heavy atom. The molecule has 10 heteroatoms. The molecule has 2 atom stereocenters. The summed E-state index contributed by atoms with van der Waals surface area (Å²) in [6.45, 7) is 0.785. The Morgan fingerprint density at radius 1 is 1.50 bits per heavy atom. The van der Waals surface area contributed by atoms with E-state index in [-0.39, 0.29) is 8.01 Å². The van der Waals surface area contributed by atoms with Gasteiger partial charge in [0, 0.05) is 24.8 Å². The van der Waals surface area contributed by atoms with Crippen molar-refractivity contribution in [2.24, 2.45) is 5.50 Å². The van der Waals surface area contributed by atoms with E-state index in [1.807, 2.05) is 0 Å². The number of hydrogen-bond acceptors (Lipinski definition) is 4. The minimum Gasteiger partial charge on any atom is -0.274 e. The van der Waals surface area contributed by atoms with E-state index < -0.39 is 7.67 Å². The van der Waals surface area contributed by atoms with Gasteiger partial charge in [-0.3, -0.25) is 8.88 Å². The lowest BCUT2D eigenvalue weighted by molar-refractivity contribution is 0.389. The first kappa shape index (κ1) is 15.8. The van der Waals surface area contributed by atoms with E-state index in [9.17, 15) is 4.57 Å².